The first-order valence-electron chi connectivity index (χ1n) is 11.6. The maximum Gasteiger partial charge on any atom is 0.0437 e. The van der Waals surface area contributed by atoms with Crippen molar-refractivity contribution in [3.05, 3.63) is 0 Å². The Hall–Kier alpha value is -0.0400. The summed E-state index contributed by atoms with van der Waals surface area (Å²) in [5, 5.41) is 0. The molecule has 0 heterocycles. The fraction of sp³-hybridized carbons (Fsp3) is 1.00. The van der Waals surface area contributed by atoms with Crippen LogP contribution < -0.4 is 0 Å². The summed E-state index contributed by atoms with van der Waals surface area (Å²) >= 11 is 0. The molecule has 0 fully saturated rings. The summed E-state index contributed by atoms with van der Waals surface area (Å²) in [6, 6.07) is 0. The van der Waals surface area contributed by atoms with Crippen LogP contribution in [0.25, 0.3) is 0 Å². The van der Waals surface area contributed by atoms with Crippen molar-refractivity contribution >= 4 is 0 Å². The van der Waals surface area contributed by atoms with Crippen LogP contribution in [-0.4, -0.2) is 13.2 Å². The van der Waals surface area contributed by atoms with Crippen molar-refractivity contribution in [2.24, 2.45) is 0 Å². The Bertz CT molecular complexity index is 78.4. The highest BCUT2D eigenvalue weighted by molar-refractivity contribution is 4.25. The molecule has 160 valence electrons. The van der Waals surface area contributed by atoms with Gasteiger partial charge in [-0.3, -0.25) is 0 Å². The van der Waals surface area contributed by atoms with Gasteiger partial charge in [-0.15, -0.1) is 0 Å². The summed E-state index contributed by atoms with van der Waals surface area (Å²) < 4.78 is 4.83. The predicted molar refractivity (Wildman–Crippen MR) is 123 cm³/mol. The van der Waals surface area contributed by atoms with Gasteiger partial charge in [0.25, 0.3) is 0 Å². The van der Waals surface area contributed by atoms with Crippen molar-refractivity contribution in [1.82, 2.24) is 0 Å². The van der Waals surface area contributed by atoms with E-state index in [-0.39, 0.29) is 0 Å². The van der Waals surface area contributed by atoms with Crippen molar-refractivity contribution < 1.29 is 4.74 Å². The van der Waals surface area contributed by atoms with Crippen LogP contribution in [0, 0.1) is 0 Å². The zero-order valence-electron chi connectivity index (χ0n) is 20.3. The van der Waals surface area contributed by atoms with Crippen LogP contribution in [0.3, 0.4) is 0 Å². The quantitative estimate of drug-likeness (QED) is 0.375. The second-order valence-electron chi connectivity index (χ2n) is 6.20. The maximum atomic E-state index is 4.83. The van der Waals surface area contributed by atoms with Gasteiger partial charge in [-0.1, -0.05) is 132 Å². The van der Waals surface area contributed by atoms with E-state index in [0.29, 0.717) is 0 Å². The molecular formula is C24H58O. The van der Waals surface area contributed by atoms with Crippen LogP contribution in [0.1, 0.15) is 146 Å². The first-order valence-corrected chi connectivity index (χ1v) is 11.6. The highest BCUT2D eigenvalue weighted by Gasteiger charge is 1.69. The summed E-state index contributed by atoms with van der Waals surface area (Å²) in [5.74, 6) is 0. The average Bonchev–Trinajstić information content (AvgIpc) is 2.61. The lowest BCUT2D eigenvalue weighted by atomic mass is 10.3. The second-order valence-corrected chi connectivity index (χ2v) is 6.20. The summed E-state index contributed by atoms with van der Waals surface area (Å²) in [7, 11) is 0. The zero-order valence-corrected chi connectivity index (χ0v) is 20.3. The topological polar surface area (TPSA) is 9.23 Å². The Morgan fingerprint density at radius 2 is 0.480 bits per heavy atom. The van der Waals surface area contributed by atoms with E-state index >= 15 is 0 Å². The Kier molecular flexibility index (Phi) is 81.2. The molecule has 0 spiro atoms. The van der Waals surface area contributed by atoms with Gasteiger partial charge >= 0.3 is 0 Å². The van der Waals surface area contributed by atoms with Crippen LogP contribution in [0.5, 0.6) is 0 Å². The van der Waals surface area contributed by atoms with E-state index in [4.69, 9.17) is 4.74 Å². The summed E-state index contributed by atoms with van der Waals surface area (Å²) in [4.78, 5) is 0. The van der Waals surface area contributed by atoms with Crippen LogP contribution >= 0.6 is 0 Å². The van der Waals surface area contributed by atoms with Gasteiger partial charge in [0.15, 0.2) is 0 Å². The van der Waals surface area contributed by atoms with E-state index in [9.17, 15) is 0 Å². The molecule has 0 unspecified atom stereocenters. The SMILES string of the molecule is CCCCC.CCCCC.CCCCC.CCCCC.CCOCC. The highest BCUT2D eigenvalue weighted by Crippen LogP contribution is 1.89. The number of rotatable bonds is 10. The van der Waals surface area contributed by atoms with E-state index in [1.54, 1.807) is 0 Å². The minimum absolute atomic E-state index is 0.844. The van der Waals surface area contributed by atoms with Crippen molar-refractivity contribution in [2.75, 3.05) is 13.2 Å². The lowest BCUT2D eigenvalue weighted by molar-refractivity contribution is 0.162. The fourth-order valence-corrected chi connectivity index (χ4v) is 1.62. The monoisotopic (exact) mass is 362 g/mol. The predicted octanol–water partition coefficient (Wildman–Crippen LogP) is 9.83. The average molecular weight is 363 g/mol. The van der Waals surface area contributed by atoms with Crippen molar-refractivity contribution in [2.45, 2.75) is 146 Å². The zero-order chi connectivity index (χ0) is 20.6. The molecule has 0 atom stereocenters. The summed E-state index contributed by atoms with van der Waals surface area (Å²) in [6.45, 7) is 23.4. The van der Waals surface area contributed by atoms with E-state index < -0.39 is 0 Å². The molecule has 0 radical (unpaired) electrons. The lowest BCUT2D eigenvalue weighted by Gasteiger charge is -1.86. The molecule has 1 nitrogen and oxygen atoms in total. The highest BCUT2D eigenvalue weighted by atomic mass is 16.5. The molecule has 0 amide bonds. The third-order valence-electron chi connectivity index (χ3n) is 3.24. The van der Waals surface area contributed by atoms with Crippen molar-refractivity contribution in [3.8, 4) is 0 Å². The van der Waals surface area contributed by atoms with Gasteiger partial charge in [-0.2, -0.15) is 0 Å². The molecule has 0 aromatic carbocycles. The minimum Gasteiger partial charge on any atom is -0.382 e. The van der Waals surface area contributed by atoms with E-state index in [1.807, 2.05) is 13.8 Å². The molecule has 0 saturated carbocycles. The molecule has 25 heavy (non-hydrogen) atoms. The van der Waals surface area contributed by atoms with Crippen LogP contribution in [0.2, 0.25) is 0 Å². The second kappa shape index (κ2) is 56.4. The molecule has 0 aliphatic rings. The Morgan fingerprint density at radius 1 is 0.320 bits per heavy atom. The first kappa shape index (κ1) is 36.0. The van der Waals surface area contributed by atoms with Gasteiger partial charge in [0.05, 0.1) is 0 Å². The summed E-state index contributed by atoms with van der Waals surface area (Å²) in [5.41, 5.74) is 0. The lowest BCUT2D eigenvalue weighted by Crippen LogP contribution is -1.84. The molecule has 0 aliphatic heterocycles. The molecular weight excluding hydrogens is 304 g/mol. The van der Waals surface area contributed by atoms with Crippen molar-refractivity contribution in [3.63, 3.8) is 0 Å². The first-order chi connectivity index (χ1) is 12.1. The normalized spacial score (nSPS) is 8.40. The third-order valence-corrected chi connectivity index (χ3v) is 3.24. The number of hydrogen-bond acceptors (Lipinski definition) is 1. The largest absolute Gasteiger partial charge is 0.382 e. The Labute approximate surface area is 164 Å². The summed E-state index contributed by atoms with van der Waals surface area (Å²) in [6.07, 6.45) is 16.3. The molecule has 0 aliphatic carbocycles. The van der Waals surface area contributed by atoms with Gasteiger partial charge in [0.1, 0.15) is 0 Å². The number of hydrogen-bond donors (Lipinski definition) is 0. The van der Waals surface area contributed by atoms with Gasteiger partial charge in [0, 0.05) is 13.2 Å². The van der Waals surface area contributed by atoms with E-state index in [0.717, 1.165) is 13.2 Å². The minimum atomic E-state index is 0.844. The van der Waals surface area contributed by atoms with Gasteiger partial charge in [0.2, 0.25) is 0 Å². The fourth-order valence-electron chi connectivity index (χ4n) is 1.62. The van der Waals surface area contributed by atoms with Crippen LogP contribution in [-0.2, 0) is 4.74 Å². The van der Waals surface area contributed by atoms with Crippen molar-refractivity contribution in [1.29, 1.82) is 0 Å². The number of ether oxygens (including phenoxy) is 1. The third kappa shape index (κ3) is 116. The molecule has 0 aromatic rings. The van der Waals surface area contributed by atoms with Gasteiger partial charge in [-0.25, -0.2) is 0 Å². The number of unbranched alkanes of at least 4 members (excludes halogenated alkanes) is 8. The smallest absolute Gasteiger partial charge is 0.0437 e. The molecule has 0 saturated heterocycles. The molecule has 0 rings (SSSR count). The molecule has 0 bridgehead atoms. The van der Waals surface area contributed by atoms with Crippen LogP contribution in [0.4, 0.5) is 0 Å². The van der Waals surface area contributed by atoms with E-state index in [1.165, 1.54) is 77.0 Å². The molecule has 0 aromatic heterocycles. The standard InChI is InChI=1S/4C5H12.C4H10O/c5*1-3-5-4-2/h4*3-5H2,1-2H3;3-4H2,1-2H3. The molecule has 0 N–H and O–H groups in total. The van der Waals surface area contributed by atoms with Gasteiger partial charge in [-0.05, 0) is 13.8 Å². The van der Waals surface area contributed by atoms with Crippen LogP contribution in [0.15, 0.2) is 0 Å². The Morgan fingerprint density at radius 3 is 0.480 bits per heavy atom. The maximum absolute atomic E-state index is 4.83. The Balaban J connectivity index is -0.0000000667. The van der Waals surface area contributed by atoms with Gasteiger partial charge < -0.3 is 4.74 Å². The van der Waals surface area contributed by atoms with E-state index in [2.05, 4.69) is 55.4 Å². The molecule has 1 heteroatoms.